The minimum Gasteiger partial charge on any atom is -0.467 e. The second kappa shape index (κ2) is 8.49. The summed E-state index contributed by atoms with van der Waals surface area (Å²) in [5.41, 5.74) is 2.55. The second-order valence-corrected chi connectivity index (χ2v) is 10.8. The van der Waals surface area contributed by atoms with E-state index < -0.39 is 4.92 Å². The topological polar surface area (TPSA) is 107 Å². The smallest absolute Gasteiger partial charge is 0.270 e. The van der Waals surface area contributed by atoms with Crippen molar-refractivity contribution < 1.29 is 14.4 Å². The number of hydrogen-bond donors (Lipinski definition) is 1. The summed E-state index contributed by atoms with van der Waals surface area (Å²) in [6.45, 7) is 4.65. The highest BCUT2D eigenvalue weighted by atomic mass is 32.2. The highest BCUT2D eigenvalue weighted by Gasteiger charge is 2.25. The Balaban J connectivity index is 1.41. The number of nitrogens with zero attached hydrogens (tertiary/aromatic N) is 2. The minimum atomic E-state index is -0.404. The lowest BCUT2D eigenvalue weighted by atomic mass is 9.89. The number of rotatable bonds is 5. The fourth-order valence-corrected chi connectivity index (χ4v) is 6.65. The van der Waals surface area contributed by atoms with Gasteiger partial charge in [0.2, 0.25) is 0 Å². The van der Waals surface area contributed by atoms with Gasteiger partial charge in [0.05, 0.1) is 22.2 Å². The third-order valence-electron chi connectivity index (χ3n) is 6.04. The van der Waals surface area contributed by atoms with E-state index in [1.54, 1.807) is 29.2 Å². The van der Waals surface area contributed by atoms with E-state index in [1.807, 2.05) is 6.92 Å². The first-order valence-electron chi connectivity index (χ1n) is 10.6. The molecule has 10 heteroatoms. The SMILES string of the molecule is CC1CCc2c(sc3nc(C(C)SCc4cc([N+](=O)[O-])cc5c4OCOC5)[nH]c(=O)c23)C1. The first-order valence-corrected chi connectivity index (χ1v) is 12.4. The predicted octanol–water partition coefficient (Wildman–Crippen LogP) is 4.88. The molecule has 2 aromatic heterocycles. The Morgan fingerprint density at radius 2 is 2.28 bits per heavy atom. The van der Waals surface area contributed by atoms with Crippen molar-refractivity contribution in [1.29, 1.82) is 0 Å². The van der Waals surface area contributed by atoms with Crippen LogP contribution in [0.3, 0.4) is 0 Å². The van der Waals surface area contributed by atoms with E-state index in [2.05, 4.69) is 11.9 Å². The molecule has 0 radical (unpaired) electrons. The van der Waals surface area contributed by atoms with Gasteiger partial charge in [-0.05, 0) is 37.7 Å². The van der Waals surface area contributed by atoms with Crippen LogP contribution in [0.5, 0.6) is 5.75 Å². The Kier molecular flexibility index (Phi) is 5.68. The van der Waals surface area contributed by atoms with Gasteiger partial charge in [-0.2, -0.15) is 0 Å². The number of nitro benzene ring substituents is 1. The van der Waals surface area contributed by atoms with Crippen molar-refractivity contribution in [2.45, 2.75) is 50.7 Å². The molecule has 168 valence electrons. The molecule has 0 saturated carbocycles. The predicted molar refractivity (Wildman–Crippen MR) is 125 cm³/mol. The summed E-state index contributed by atoms with van der Waals surface area (Å²) in [7, 11) is 0. The zero-order valence-corrected chi connectivity index (χ0v) is 19.4. The molecular formula is C22H23N3O5S2. The van der Waals surface area contributed by atoms with Gasteiger partial charge in [0.1, 0.15) is 16.4 Å². The van der Waals surface area contributed by atoms with Crippen LogP contribution in [-0.2, 0) is 29.9 Å². The normalized spacial score (nSPS) is 18.6. The van der Waals surface area contributed by atoms with Crippen molar-refractivity contribution in [1.82, 2.24) is 9.97 Å². The molecular weight excluding hydrogens is 450 g/mol. The average molecular weight is 474 g/mol. The Morgan fingerprint density at radius 3 is 3.09 bits per heavy atom. The molecule has 1 N–H and O–H groups in total. The number of non-ortho nitro benzene ring substituents is 1. The molecule has 0 bridgehead atoms. The van der Waals surface area contributed by atoms with Gasteiger partial charge in [-0.25, -0.2) is 4.98 Å². The molecule has 2 atom stereocenters. The molecule has 1 aliphatic carbocycles. The number of benzene rings is 1. The van der Waals surface area contributed by atoms with Crippen LogP contribution in [0, 0.1) is 16.0 Å². The number of aromatic amines is 1. The molecule has 1 aliphatic heterocycles. The lowest BCUT2D eigenvalue weighted by molar-refractivity contribution is -0.385. The maximum Gasteiger partial charge on any atom is 0.270 e. The highest BCUT2D eigenvalue weighted by molar-refractivity contribution is 7.98. The number of nitrogens with one attached hydrogen (secondary N) is 1. The van der Waals surface area contributed by atoms with Gasteiger partial charge in [0, 0.05) is 33.9 Å². The number of aromatic nitrogens is 2. The summed E-state index contributed by atoms with van der Waals surface area (Å²) in [5.74, 6) is 2.41. The van der Waals surface area contributed by atoms with Gasteiger partial charge in [-0.15, -0.1) is 23.1 Å². The number of aryl methyl sites for hydroxylation is 1. The third kappa shape index (κ3) is 3.91. The molecule has 0 spiro atoms. The van der Waals surface area contributed by atoms with E-state index in [0.717, 1.165) is 35.0 Å². The standard InChI is InChI=1S/C22H23N3O5S2/c1-11-3-4-16-17(5-11)32-22-18(16)21(26)23-20(24-22)12(2)31-9-14-7-15(25(27)28)6-13-8-29-10-30-19(13)14/h6-7,11-12H,3-5,8-10H2,1-2H3,(H,23,24,26). The van der Waals surface area contributed by atoms with Gasteiger partial charge in [0.15, 0.2) is 6.79 Å². The first-order chi connectivity index (χ1) is 15.4. The van der Waals surface area contributed by atoms with Gasteiger partial charge in [-0.3, -0.25) is 14.9 Å². The average Bonchev–Trinajstić information content (AvgIpc) is 3.14. The minimum absolute atomic E-state index is 0.0208. The summed E-state index contributed by atoms with van der Waals surface area (Å²) in [4.78, 5) is 33.7. The van der Waals surface area contributed by atoms with E-state index in [-0.39, 0.29) is 29.9 Å². The number of hydrogen-bond acceptors (Lipinski definition) is 8. The quantitative estimate of drug-likeness (QED) is 0.416. The van der Waals surface area contributed by atoms with Gasteiger partial charge in [-0.1, -0.05) is 6.92 Å². The maximum absolute atomic E-state index is 12.9. The molecule has 2 unspecified atom stereocenters. The van der Waals surface area contributed by atoms with Crippen LogP contribution in [0.2, 0.25) is 0 Å². The number of ether oxygens (including phenoxy) is 2. The summed E-state index contributed by atoms with van der Waals surface area (Å²) < 4.78 is 10.9. The molecule has 5 rings (SSSR count). The zero-order valence-electron chi connectivity index (χ0n) is 17.8. The molecule has 3 aromatic rings. The number of thioether (sulfide) groups is 1. The van der Waals surface area contributed by atoms with Crippen LogP contribution >= 0.6 is 23.1 Å². The monoisotopic (exact) mass is 473 g/mol. The second-order valence-electron chi connectivity index (χ2n) is 8.40. The van der Waals surface area contributed by atoms with E-state index in [9.17, 15) is 14.9 Å². The maximum atomic E-state index is 12.9. The van der Waals surface area contributed by atoms with Crippen molar-refractivity contribution in [2.24, 2.45) is 5.92 Å². The van der Waals surface area contributed by atoms with E-state index in [1.165, 1.54) is 16.5 Å². The number of thiophene rings is 1. The van der Waals surface area contributed by atoms with Crippen molar-refractivity contribution in [2.75, 3.05) is 6.79 Å². The Hall–Kier alpha value is -2.43. The lowest BCUT2D eigenvalue weighted by Crippen LogP contribution is -2.15. The lowest BCUT2D eigenvalue weighted by Gasteiger charge is -2.21. The summed E-state index contributed by atoms with van der Waals surface area (Å²) in [6, 6.07) is 3.05. The molecule has 2 aliphatic rings. The Labute approximate surface area is 192 Å². The van der Waals surface area contributed by atoms with Crippen LogP contribution in [-0.4, -0.2) is 21.7 Å². The van der Waals surface area contributed by atoms with Gasteiger partial charge in [0.25, 0.3) is 11.2 Å². The third-order valence-corrected chi connectivity index (χ3v) is 8.39. The van der Waals surface area contributed by atoms with E-state index in [0.29, 0.717) is 28.8 Å². The van der Waals surface area contributed by atoms with Crippen LogP contribution in [0.25, 0.3) is 10.2 Å². The molecule has 32 heavy (non-hydrogen) atoms. The van der Waals surface area contributed by atoms with Crippen molar-refractivity contribution in [3.8, 4) is 5.75 Å². The molecule has 3 heterocycles. The van der Waals surface area contributed by atoms with E-state index >= 15 is 0 Å². The Bertz CT molecular complexity index is 1270. The summed E-state index contributed by atoms with van der Waals surface area (Å²) in [6.07, 6.45) is 3.05. The van der Waals surface area contributed by atoms with Crippen LogP contribution < -0.4 is 10.3 Å². The first kappa shape index (κ1) is 21.4. The largest absolute Gasteiger partial charge is 0.467 e. The fourth-order valence-electron chi connectivity index (χ4n) is 4.35. The fraction of sp³-hybridized carbons (Fsp3) is 0.455. The molecule has 1 aromatic carbocycles. The van der Waals surface area contributed by atoms with Crippen molar-refractivity contribution in [3.05, 3.63) is 60.0 Å². The zero-order chi connectivity index (χ0) is 22.4. The van der Waals surface area contributed by atoms with Crippen molar-refractivity contribution in [3.63, 3.8) is 0 Å². The Morgan fingerprint density at radius 1 is 1.44 bits per heavy atom. The van der Waals surface area contributed by atoms with Crippen LogP contribution in [0.15, 0.2) is 16.9 Å². The number of H-pyrrole nitrogens is 1. The summed E-state index contributed by atoms with van der Waals surface area (Å²) >= 11 is 3.20. The molecule has 0 saturated heterocycles. The van der Waals surface area contributed by atoms with Gasteiger partial charge < -0.3 is 14.5 Å². The number of fused-ring (bicyclic) bond motifs is 4. The molecule has 0 amide bonds. The number of nitro groups is 1. The van der Waals surface area contributed by atoms with E-state index in [4.69, 9.17) is 14.5 Å². The summed E-state index contributed by atoms with van der Waals surface area (Å²) in [5, 5.41) is 12.0. The molecule has 8 nitrogen and oxygen atoms in total. The van der Waals surface area contributed by atoms with Crippen molar-refractivity contribution >= 4 is 39.0 Å². The van der Waals surface area contributed by atoms with Gasteiger partial charge >= 0.3 is 0 Å². The molecule has 0 fully saturated rings. The van der Waals surface area contributed by atoms with Crippen LogP contribution in [0.1, 0.15) is 52.9 Å². The highest BCUT2D eigenvalue weighted by Crippen LogP contribution is 2.39. The van der Waals surface area contributed by atoms with Crippen LogP contribution in [0.4, 0.5) is 5.69 Å².